The van der Waals surface area contributed by atoms with E-state index < -0.39 is 11.7 Å². The Morgan fingerprint density at radius 1 is 1.00 bits per heavy atom. The van der Waals surface area contributed by atoms with E-state index >= 15 is 0 Å². The van der Waals surface area contributed by atoms with Crippen molar-refractivity contribution in [1.29, 1.82) is 0 Å². The Labute approximate surface area is 158 Å². The van der Waals surface area contributed by atoms with Crippen LogP contribution >= 0.6 is 0 Å². The topological polar surface area (TPSA) is 73.9 Å². The normalized spacial score (nSPS) is 17.8. The number of ether oxygens (including phenoxy) is 3. The molecule has 0 saturated carbocycles. The summed E-state index contributed by atoms with van der Waals surface area (Å²) in [7, 11) is 0. The fourth-order valence-electron chi connectivity index (χ4n) is 3.16. The van der Waals surface area contributed by atoms with Gasteiger partial charge in [-0.2, -0.15) is 0 Å². The van der Waals surface area contributed by atoms with Gasteiger partial charge in [0.25, 0.3) is 5.91 Å². The van der Waals surface area contributed by atoms with Crippen molar-refractivity contribution in [2.24, 2.45) is 0 Å². The van der Waals surface area contributed by atoms with E-state index in [1.807, 2.05) is 19.9 Å². The number of carbonyl (C=O) groups excluding carboxylic acids is 2. The minimum Gasteiger partial charge on any atom is -0.490 e. The zero-order chi connectivity index (χ0) is 19.4. The molecule has 0 saturated heterocycles. The smallest absolute Gasteiger partial charge is 0.308 e. The molecule has 1 aliphatic rings. The van der Waals surface area contributed by atoms with Crippen molar-refractivity contribution in [3.8, 4) is 11.5 Å². The largest absolute Gasteiger partial charge is 0.490 e. The van der Waals surface area contributed by atoms with E-state index in [1.54, 1.807) is 43.3 Å². The lowest BCUT2D eigenvalue weighted by atomic mass is 9.93. The summed E-state index contributed by atoms with van der Waals surface area (Å²) in [5.74, 6) is 0.417. The summed E-state index contributed by atoms with van der Waals surface area (Å²) in [6, 6.07) is 12.4. The molecule has 2 aromatic carbocycles. The van der Waals surface area contributed by atoms with E-state index in [2.05, 4.69) is 5.32 Å². The molecular formula is C21H23NO5. The molecule has 0 aromatic heterocycles. The van der Waals surface area contributed by atoms with Crippen LogP contribution in [-0.4, -0.2) is 25.1 Å². The molecule has 6 nitrogen and oxygen atoms in total. The van der Waals surface area contributed by atoms with E-state index in [4.69, 9.17) is 14.2 Å². The van der Waals surface area contributed by atoms with E-state index in [0.29, 0.717) is 41.4 Å². The highest BCUT2D eigenvalue weighted by molar-refractivity contribution is 6.00. The number of rotatable bonds is 7. The molecule has 0 fully saturated rings. The number of esters is 1. The van der Waals surface area contributed by atoms with Crippen molar-refractivity contribution in [3.05, 3.63) is 59.2 Å². The van der Waals surface area contributed by atoms with Gasteiger partial charge in [-0.15, -0.1) is 0 Å². The number of hydrogen-bond donors (Lipinski definition) is 1. The van der Waals surface area contributed by atoms with Gasteiger partial charge in [-0.25, -0.2) is 0 Å². The lowest BCUT2D eigenvalue weighted by Crippen LogP contribution is -2.44. The van der Waals surface area contributed by atoms with Crippen LogP contribution in [0.4, 0.5) is 0 Å². The van der Waals surface area contributed by atoms with Gasteiger partial charge < -0.3 is 19.5 Å². The number of fused-ring (bicyclic) bond motifs is 1. The van der Waals surface area contributed by atoms with Crippen LogP contribution in [0.1, 0.15) is 48.7 Å². The Bertz CT molecular complexity index is 863. The highest BCUT2D eigenvalue weighted by Gasteiger charge is 2.48. The quantitative estimate of drug-likeness (QED) is 0.758. The van der Waals surface area contributed by atoms with Crippen LogP contribution in [0.5, 0.6) is 11.5 Å². The summed E-state index contributed by atoms with van der Waals surface area (Å²) in [6.45, 7) is 6.43. The van der Waals surface area contributed by atoms with Crippen LogP contribution in [0.2, 0.25) is 0 Å². The minimum atomic E-state index is -1.39. The Kier molecular flexibility index (Phi) is 5.35. The van der Waals surface area contributed by atoms with Gasteiger partial charge in [0.1, 0.15) is 0 Å². The van der Waals surface area contributed by atoms with Crippen molar-refractivity contribution >= 4 is 11.9 Å². The summed E-state index contributed by atoms with van der Waals surface area (Å²) >= 11 is 0. The second-order valence-electron chi connectivity index (χ2n) is 6.04. The molecule has 142 valence electrons. The molecule has 0 spiro atoms. The van der Waals surface area contributed by atoms with Crippen LogP contribution in [-0.2, 0) is 15.3 Å². The molecule has 6 heteroatoms. The number of carbonyl (C=O) groups is 2. The Balaban J connectivity index is 2.17. The fourth-order valence-corrected chi connectivity index (χ4v) is 3.16. The first kappa shape index (κ1) is 18.8. The second-order valence-corrected chi connectivity index (χ2v) is 6.04. The van der Waals surface area contributed by atoms with Gasteiger partial charge in [-0.1, -0.05) is 25.1 Å². The van der Waals surface area contributed by atoms with Crippen LogP contribution in [0.3, 0.4) is 0 Å². The number of amides is 1. The van der Waals surface area contributed by atoms with Crippen molar-refractivity contribution in [3.63, 3.8) is 0 Å². The molecule has 1 heterocycles. The molecule has 1 unspecified atom stereocenters. The van der Waals surface area contributed by atoms with Crippen LogP contribution in [0.25, 0.3) is 0 Å². The van der Waals surface area contributed by atoms with E-state index in [0.717, 1.165) is 0 Å². The molecular weight excluding hydrogens is 346 g/mol. The lowest BCUT2D eigenvalue weighted by Gasteiger charge is -2.31. The molecule has 2 aromatic rings. The molecule has 0 bridgehead atoms. The maximum absolute atomic E-state index is 12.5. The van der Waals surface area contributed by atoms with Gasteiger partial charge in [0.05, 0.1) is 13.2 Å². The summed E-state index contributed by atoms with van der Waals surface area (Å²) in [4.78, 5) is 24.8. The molecule has 1 N–H and O–H groups in total. The standard InChI is InChI=1S/C21H23NO5/c1-4-19(23)27-21(16-10-8-7-9-15(16)20(24)22-21)14-11-12-17(25-5-2)18(13-14)26-6-3/h7-13H,4-6H2,1-3H3,(H,22,24). The molecule has 0 radical (unpaired) electrons. The second kappa shape index (κ2) is 7.70. The van der Waals surface area contributed by atoms with Gasteiger partial charge in [-0.05, 0) is 38.1 Å². The van der Waals surface area contributed by atoms with Crippen LogP contribution in [0.15, 0.2) is 42.5 Å². The number of benzene rings is 2. The van der Waals surface area contributed by atoms with Crippen LogP contribution < -0.4 is 14.8 Å². The maximum atomic E-state index is 12.5. The summed E-state index contributed by atoms with van der Waals surface area (Å²) < 4.78 is 17.1. The average Bonchev–Trinajstić information content (AvgIpc) is 2.96. The van der Waals surface area contributed by atoms with Crippen molar-refractivity contribution in [1.82, 2.24) is 5.32 Å². The lowest BCUT2D eigenvalue weighted by molar-refractivity contribution is -0.157. The van der Waals surface area contributed by atoms with Crippen molar-refractivity contribution in [2.75, 3.05) is 13.2 Å². The van der Waals surface area contributed by atoms with E-state index in [9.17, 15) is 9.59 Å². The summed E-state index contributed by atoms with van der Waals surface area (Å²) in [6.07, 6.45) is 0.190. The fraction of sp³-hybridized carbons (Fsp3) is 0.333. The Morgan fingerprint density at radius 2 is 1.70 bits per heavy atom. The van der Waals surface area contributed by atoms with E-state index in [1.165, 1.54) is 0 Å². The predicted octanol–water partition coefficient (Wildman–Crippen LogP) is 3.38. The van der Waals surface area contributed by atoms with Gasteiger partial charge in [0, 0.05) is 23.1 Å². The van der Waals surface area contributed by atoms with Gasteiger partial charge >= 0.3 is 5.97 Å². The third kappa shape index (κ3) is 3.35. The third-order valence-corrected chi connectivity index (χ3v) is 4.35. The molecule has 27 heavy (non-hydrogen) atoms. The first-order valence-electron chi connectivity index (χ1n) is 9.09. The zero-order valence-corrected chi connectivity index (χ0v) is 15.7. The van der Waals surface area contributed by atoms with Crippen molar-refractivity contribution < 1.29 is 23.8 Å². The highest BCUT2D eigenvalue weighted by atomic mass is 16.6. The first-order chi connectivity index (χ1) is 13.1. The number of nitrogens with one attached hydrogen (secondary N) is 1. The molecule has 1 atom stereocenters. The van der Waals surface area contributed by atoms with Gasteiger partial charge in [0.15, 0.2) is 11.5 Å². The molecule has 1 amide bonds. The summed E-state index contributed by atoms with van der Waals surface area (Å²) in [5.41, 5.74) is 0.281. The molecule has 0 aliphatic carbocycles. The van der Waals surface area contributed by atoms with Crippen LogP contribution in [0, 0.1) is 0 Å². The van der Waals surface area contributed by atoms with E-state index in [-0.39, 0.29) is 12.3 Å². The molecule has 3 rings (SSSR count). The predicted molar refractivity (Wildman–Crippen MR) is 99.9 cm³/mol. The first-order valence-corrected chi connectivity index (χ1v) is 9.09. The zero-order valence-electron chi connectivity index (χ0n) is 15.7. The minimum absolute atomic E-state index is 0.190. The Morgan fingerprint density at radius 3 is 2.41 bits per heavy atom. The third-order valence-electron chi connectivity index (χ3n) is 4.35. The highest BCUT2D eigenvalue weighted by Crippen LogP contribution is 2.41. The monoisotopic (exact) mass is 369 g/mol. The van der Waals surface area contributed by atoms with Gasteiger partial charge in [0.2, 0.25) is 5.72 Å². The van der Waals surface area contributed by atoms with Crippen molar-refractivity contribution in [2.45, 2.75) is 32.9 Å². The van der Waals surface area contributed by atoms with Gasteiger partial charge in [-0.3, -0.25) is 9.59 Å². The maximum Gasteiger partial charge on any atom is 0.308 e. The Hall–Kier alpha value is -3.02. The average molecular weight is 369 g/mol. The SMILES string of the molecule is CCOc1ccc(C2(OC(=O)CC)NC(=O)c3ccccc32)cc1OCC. The summed E-state index contributed by atoms with van der Waals surface area (Å²) in [5, 5.41) is 2.86. The molecule has 1 aliphatic heterocycles. The number of hydrogen-bond acceptors (Lipinski definition) is 5.